The second-order valence-electron chi connectivity index (χ2n) is 7.30. The van der Waals surface area contributed by atoms with E-state index < -0.39 is 0 Å². The molecule has 1 fully saturated rings. The highest BCUT2D eigenvalue weighted by Gasteiger charge is 2.29. The van der Waals surface area contributed by atoms with Crippen LogP contribution in [0, 0.1) is 6.92 Å². The van der Waals surface area contributed by atoms with Crippen LogP contribution >= 0.6 is 39.0 Å². The lowest BCUT2D eigenvalue weighted by molar-refractivity contribution is -0.115. The number of carbonyl (C=O) groups is 1. The highest BCUT2D eigenvalue weighted by Crippen LogP contribution is 2.32. The molecule has 1 saturated heterocycles. The molecule has 1 amide bonds. The molecule has 2 aromatic heterocycles. The van der Waals surface area contributed by atoms with Crippen molar-refractivity contribution in [2.24, 2.45) is 10.2 Å². The van der Waals surface area contributed by atoms with Crippen LogP contribution in [0.3, 0.4) is 0 Å². The zero-order valence-electron chi connectivity index (χ0n) is 17.6. The lowest BCUT2D eigenvalue weighted by Crippen LogP contribution is -2.28. The first-order valence-corrected chi connectivity index (χ1v) is 12.7. The topological polar surface area (TPSA) is 62.9 Å². The molecule has 164 valence electrons. The van der Waals surface area contributed by atoms with E-state index in [1.54, 1.807) is 22.5 Å². The monoisotopic (exact) mass is 535 g/mol. The van der Waals surface area contributed by atoms with Gasteiger partial charge in [-0.3, -0.25) is 9.69 Å². The first kappa shape index (κ1) is 21.8. The molecule has 5 rings (SSSR count). The number of carbonyl (C=O) groups excluding carboxylic acids is 1. The minimum Gasteiger partial charge on any atom is -0.273 e. The molecule has 6 nitrogen and oxygen atoms in total. The number of rotatable bonds is 5. The Morgan fingerprint density at radius 2 is 1.82 bits per heavy atom. The third-order valence-corrected chi connectivity index (χ3v) is 7.51. The standard InChI is InChI=1S/C24H18BrN5OS2/c1-16-7-9-19(10-8-16)30-22(31)15-32-24(30)27-26-13-17-14-29(18-5-3-2-4-6-18)28-23(17)20-11-12-21(25)33-20/h2-14H,15H2,1H3/b26-13-,27-24+. The Bertz CT molecular complexity index is 1360. The van der Waals surface area contributed by atoms with E-state index in [1.165, 1.54) is 11.8 Å². The number of aryl methyl sites for hydroxylation is 1. The highest BCUT2D eigenvalue weighted by atomic mass is 79.9. The molecule has 1 aliphatic heterocycles. The van der Waals surface area contributed by atoms with Crippen LogP contribution in [-0.4, -0.2) is 32.8 Å². The molecule has 1 aliphatic rings. The van der Waals surface area contributed by atoms with Crippen LogP contribution in [0.2, 0.25) is 0 Å². The normalized spacial score (nSPS) is 15.3. The van der Waals surface area contributed by atoms with Crippen LogP contribution < -0.4 is 4.90 Å². The summed E-state index contributed by atoms with van der Waals surface area (Å²) in [6.07, 6.45) is 3.63. The largest absolute Gasteiger partial charge is 0.273 e. The van der Waals surface area contributed by atoms with Gasteiger partial charge in [0.25, 0.3) is 0 Å². The van der Waals surface area contributed by atoms with Crippen LogP contribution in [0.25, 0.3) is 16.3 Å². The Morgan fingerprint density at radius 1 is 1.03 bits per heavy atom. The predicted molar refractivity (Wildman–Crippen MR) is 141 cm³/mol. The van der Waals surface area contributed by atoms with Gasteiger partial charge in [-0.1, -0.05) is 47.7 Å². The molecular weight excluding hydrogens is 518 g/mol. The van der Waals surface area contributed by atoms with Gasteiger partial charge in [-0.15, -0.1) is 16.4 Å². The zero-order chi connectivity index (χ0) is 22.8. The average Bonchev–Trinajstić information content (AvgIpc) is 3.54. The van der Waals surface area contributed by atoms with E-state index in [9.17, 15) is 4.79 Å². The summed E-state index contributed by atoms with van der Waals surface area (Å²) in [7, 11) is 0. The number of halogens is 1. The van der Waals surface area contributed by atoms with Crippen molar-refractivity contribution in [3.8, 4) is 16.3 Å². The minimum absolute atomic E-state index is 0.00109. The van der Waals surface area contributed by atoms with Crippen molar-refractivity contribution < 1.29 is 4.79 Å². The second kappa shape index (κ2) is 9.46. The summed E-state index contributed by atoms with van der Waals surface area (Å²) in [5.41, 5.74) is 4.56. The van der Waals surface area contributed by atoms with Crippen molar-refractivity contribution in [3.05, 3.63) is 87.8 Å². The van der Waals surface area contributed by atoms with E-state index in [2.05, 4.69) is 26.1 Å². The summed E-state index contributed by atoms with van der Waals surface area (Å²) >= 11 is 6.52. The van der Waals surface area contributed by atoms with Crippen molar-refractivity contribution in [1.82, 2.24) is 9.78 Å². The van der Waals surface area contributed by atoms with Gasteiger partial charge >= 0.3 is 0 Å². The first-order valence-electron chi connectivity index (χ1n) is 10.1. The number of thioether (sulfide) groups is 1. The van der Waals surface area contributed by atoms with Gasteiger partial charge in [0, 0.05) is 11.8 Å². The van der Waals surface area contributed by atoms with E-state index in [4.69, 9.17) is 5.10 Å². The Morgan fingerprint density at radius 3 is 2.55 bits per heavy atom. The van der Waals surface area contributed by atoms with E-state index in [-0.39, 0.29) is 5.91 Å². The summed E-state index contributed by atoms with van der Waals surface area (Å²) in [5, 5.41) is 14.1. The van der Waals surface area contributed by atoms with Gasteiger partial charge in [0.15, 0.2) is 5.17 Å². The number of para-hydroxylation sites is 1. The Hall–Kier alpha value is -3.01. The fourth-order valence-electron chi connectivity index (χ4n) is 3.35. The van der Waals surface area contributed by atoms with Crippen molar-refractivity contribution in [2.75, 3.05) is 10.7 Å². The van der Waals surface area contributed by atoms with Crippen LogP contribution in [0.1, 0.15) is 11.1 Å². The van der Waals surface area contributed by atoms with Gasteiger partial charge in [0.05, 0.1) is 32.0 Å². The number of nitrogens with zero attached hydrogens (tertiary/aromatic N) is 5. The third kappa shape index (κ3) is 4.71. The average molecular weight is 536 g/mol. The fourth-order valence-corrected chi connectivity index (χ4v) is 5.57. The SMILES string of the molecule is Cc1ccc(N2C(=O)CS/C2=N/N=C\c2cn(-c3ccccc3)nc2-c2ccc(Br)s2)cc1. The third-order valence-electron chi connectivity index (χ3n) is 4.97. The number of anilines is 1. The fraction of sp³-hybridized carbons (Fsp3) is 0.0833. The lowest BCUT2D eigenvalue weighted by atomic mass is 10.2. The second-order valence-corrected chi connectivity index (χ2v) is 10.7. The van der Waals surface area contributed by atoms with E-state index >= 15 is 0 Å². The maximum Gasteiger partial charge on any atom is 0.243 e. The molecule has 9 heteroatoms. The molecule has 0 aliphatic carbocycles. The Balaban J connectivity index is 1.48. The Kier molecular flexibility index (Phi) is 6.26. The lowest BCUT2D eigenvalue weighted by Gasteiger charge is -2.15. The molecule has 2 aromatic carbocycles. The number of hydrogen-bond acceptors (Lipinski definition) is 6. The Labute approximate surface area is 207 Å². The molecular formula is C24H18BrN5OS2. The van der Waals surface area contributed by atoms with Crippen molar-refractivity contribution >= 4 is 62.0 Å². The molecule has 3 heterocycles. The molecule has 0 radical (unpaired) electrons. The van der Waals surface area contributed by atoms with E-state index in [0.29, 0.717) is 10.9 Å². The first-order chi connectivity index (χ1) is 16.1. The molecule has 0 atom stereocenters. The van der Waals surface area contributed by atoms with Gasteiger partial charge in [-0.2, -0.15) is 10.2 Å². The smallest absolute Gasteiger partial charge is 0.243 e. The molecule has 33 heavy (non-hydrogen) atoms. The number of benzene rings is 2. The molecule has 0 saturated carbocycles. The van der Waals surface area contributed by atoms with Crippen molar-refractivity contribution in [2.45, 2.75) is 6.92 Å². The highest BCUT2D eigenvalue weighted by molar-refractivity contribution is 9.11. The van der Waals surface area contributed by atoms with Crippen LogP contribution in [0.5, 0.6) is 0 Å². The van der Waals surface area contributed by atoms with Gasteiger partial charge in [0.2, 0.25) is 5.91 Å². The zero-order valence-corrected chi connectivity index (χ0v) is 20.8. The number of amidine groups is 1. The number of thiophene rings is 1. The quantitative estimate of drug-likeness (QED) is 0.227. The van der Waals surface area contributed by atoms with Gasteiger partial charge in [0.1, 0.15) is 5.69 Å². The molecule has 4 aromatic rings. The molecule has 0 bridgehead atoms. The molecule has 0 spiro atoms. The maximum atomic E-state index is 12.5. The summed E-state index contributed by atoms with van der Waals surface area (Å²) in [4.78, 5) is 15.1. The van der Waals surface area contributed by atoms with Crippen molar-refractivity contribution in [3.63, 3.8) is 0 Å². The minimum atomic E-state index is -0.00109. The molecule has 0 N–H and O–H groups in total. The van der Waals surface area contributed by atoms with Crippen LogP contribution in [0.15, 0.2) is 86.9 Å². The van der Waals surface area contributed by atoms with Gasteiger partial charge < -0.3 is 0 Å². The van der Waals surface area contributed by atoms with Gasteiger partial charge in [-0.05, 0) is 59.3 Å². The van der Waals surface area contributed by atoms with Crippen LogP contribution in [0.4, 0.5) is 5.69 Å². The summed E-state index contributed by atoms with van der Waals surface area (Å²) in [6.45, 7) is 2.02. The summed E-state index contributed by atoms with van der Waals surface area (Å²) in [5.74, 6) is 0.349. The number of amides is 1. The summed E-state index contributed by atoms with van der Waals surface area (Å²) < 4.78 is 2.87. The maximum absolute atomic E-state index is 12.5. The van der Waals surface area contributed by atoms with E-state index in [1.807, 2.05) is 84.5 Å². The van der Waals surface area contributed by atoms with Crippen molar-refractivity contribution in [1.29, 1.82) is 0 Å². The van der Waals surface area contributed by atoms with Gasteiger partial charge in [-0.25, -0.2) is 4.68 Å². The van der Waals surface area contributed by atoms with Crippen LogP contribution in [-0.2, 0) is 4.79 Å². The number of aromatic nitrogens is 2. The predicted octanol–water partition coefficient (Wildman–Crippen LogP) is 6.14. The molecule has 0 unspecified atom stereocenters. The summed E-state index contributed by atoms with van der Waals surface area (Å²) in [6, 6.07) is 21.8. The van der Waals surface area contributed by atoms with E-state index in [0.717, 1.165) is 36.9 Å². The number of hydrogen-bond donors (Lipinski definition) is 0.